The Hall–Kier alpha value is -5.19. The molecule has 2 unspecified atom stereocenters. The highest BCUT2D eigenvalue weighted by atomic mass is 19.3. The maximum atomic E-state index is 15.5. The van der Waals surface area contributed by atoms with E-state index in [0.29, 0.717) is 43.0 Å². The van der Waals surface area contributed by atoms with Crippen molar-refractivity contribution in [1.82, 2.24) is 30.6 Å². The van der Waals surface area contributed by atoms with Crippen molar-refractivity contribution < 1.29 is 41.8 Å². The standard InChI is InChI=1S/C37H38F3N9O5/c1-36-12-27-25(11-29(36)37(36,39)40)31(45-44-27)33(52)42-21-13-41-48(17-21)16-20-7-8-46(18-26(20)38)14-19-6-9-47(15-19)22-2-3-23-24(10-22)35(54)49(34(23)53)28-4-5-30(50)43-32(28)51/h2-3,10,13,16-17,19-20,26,28-29H,4-9,11-12,14-15,18H2,1H3,(H2-,42,43,44,45,50,51,52)/p+1/b48-16-/t19-,20?,26-,28?,29+,36-/m1/s1. The van der Waals surface area contributed by atoms with Crippen molar-refractivity contribution >= 4 is 47.7 Å². The first kappa shape index (κ1) is 34.6. The molecule has 7 aliphatic rings. The summed E-state index contributed by atoms with van der Waals surface area (Å²) in [6, 6.07) is 4.11. The zero-order valence-electron chi connectivity index (χ0n) is 29.5. The smallest absolute Gasteiger partial charge is 0.276 e. The summed E-state index contributed by atoms with van der Waals surface area (Å²) in [4.78, 5) is 68.7. The van der Waals surface area contributed by atoms with Crippen LogP contribution in [0.1, 0.15) is 75.1 Å². The van der Waals surface area contributed by atoms with Crippen LogP contribution in [-0.2, 0) is 22.4 Å². The Balaban J connectivity index is 0.768. The van der Waals surface area contributed by atoms with Crippen LogP contribution < -0.4 is 15.5 Å². The largest absolute Gasteiger partial charge is 0.371 e. The molecule has 6 heterocycles. The molecular formula is C37H39F3N9O5+. The molecule has 54 heavy (non-hydrogen) atoms. The van der Waals surface area contributed by atoms with Crippen molar-refractivity contribution in [2.75, 3.05) is 37.6 Å². The lowest BCUT2D eigenvalue weighted by Gasteiger charge is -2.33. The van der Waals surface area contributed by atoms with Crippen molar-refractivity contribution in [2.24, 2.45) is 28.3 Å². The number of imide groups is 2. The van der Waals surface area contributed by atoms with E-state index in [1.165, 1.54) is 10.9 Å². The van der Waals surface area contributed by atoms with Crippen LogP contribution in [0, 0.1) is 23.2 Å². The average Bonchev–Trinajstić information content (AvgIpc) is 3.80. The molecular weight excluding hydrogens is 707 g/mol. The van der Waals surface area contributed by atoms with Gasteiger partial charge < -0.3 is 15.1 Å². The fourth-order valence-electron chi connectivity index (χ4n) is 9.22. The Morgan fingerprint density at radius 2 is 1.91 bits per heavy atom. The zero-order chi connectivity index (χ0) is 37.7. The van der Waals surface area contributed by atoms with Gasteiger partial charge in [-0.2, -0.15) is 5.10 Å². The summed E-state index contributed by atoms with van der Waals surface area (Å²) in [6.45, 7) is 4.67. The van der Waals surface area contributed by atoms with E-state index in [-0.39, 0.29) is 60.9 Å². The van der Waals surface area contributed by atoms with Gasteiger partial charge in [-0.05, 0) is 61.4 Å². The molecule has 6 atom stereocenters. The van der Waals surface area contributed by atoms with E-state index < -0.39 is 59.0 Å². The molecule has 282 valence electrons. The number of carbonyl (C=O) groups is 5. The number of aromatic amines is 1. The molecule has 1 saturated carbocycles. The van der Waals surface area contributed by atoms with Crippen LogP contribution >= 0.6 is 0 Å². The topological polar surface area (TPSA) is 163 Å². The third kappa shape index (κ3) is 5.57. The molecule has 1 aromatic carbocycles. The Morgan fingerprint density at radius 3 is 2.70 bits per heavy atom. The number of halogens is 3. The third-order valence-corrected chi connectivity index (χ3v) is 12.5. The molecule has 9 rings (SSSR count). The van der Waals surface area contributed by atoms with Gasteiger partial charge in [-0.15, -0.1) is 0 Å². The van der Waals surface area contributed by atoms with E-state index >= 15 is 4.39 Å². The number of hydrazone groups is 1. The van der Waals surface area contributed by atoms with Gasteiger partial charge in [0.1, 0.15) is 24.1 Å². The van der Waals surface area contributed by atoms with Crippen LogP contribution in [0.4, 0.5) is 18.9 Å². The average molecular weight is 747 g/mol. The molecule has 17 heteroatoms. The number of alkyl halides is 3. The van der Waals surface area contributed by atoms with Gasteiger partial charge in [0.15, 0.2) is 11.9 Å². The Bertz CT molecular complexity index is 2110. The summed E-state index contributed by atoms with van der Waals surface area (Å²) in [5.41, 5.74) is 1.78. The van der Waals surface area contributed by atoms with Gasteiger partial charge in [-0.3, -0.25) is 39.3 Å². The van der Waals surface area contributed by atoms with Crippen LogP contribution in [0.15, 0.2) is 35.2 Å². The second kappa shape index (κ2) is 12.4. The van der Waals surface area contributed by atoms with Crippen LogP contribution in [0.3, 0.4) is 0 Å². The molecule has 0 bridgehead atoms. The monoisotopic (exact) mass is 746 g/mol. The summed E-state index contributed by atoms with van der Waals surface area (Å²) >= 11 is 0. The second-order valence-corrected chi connectivity index (χ2v) is 15.8. The molecule has 0 radical (unpaired) electrons. The van der Waals surface area contributed by atoms with Gasteiger partial charge in [0.25, 0.3) is 23.6 Å². The Kier molecular flexibility index (Phi) is 7.96. The third-order valence-electron chi connectivity index (χ3n) is 12.5. The van der Waals surface area contributed by atoms with E-state index in [1.807, 2.05) is 0 Å². The summed E-state index contributed by atoms with van der Waals surface area (Å²) in [5.74, 6) is -6.34. The van der Waals surface area contributed by atoms with Crippen molar-refractivity contribution in [1.29, 1.82) is 0 Å². The summed E-state index contributed by atoms with van der Waals surface area (Å²) in [6.07, 6.45) is 5.47. The number of aromatic nitrogens is 2. The molecule has 0 spiro atoms. The van der Waals surface area contributed by atoms with Crippen molar-refractivity contribution in [3.63, 3.8) is 0 Å². The number of nitrogens with zero attached hydrogens (tertiary/aromatic N) is 6. The van der Waals surface area contributed by atoms with Gasteiger partial charge in [-0.25, -0.2) is 13.2 Å². The number of hydrogen-bond donors (Lipinski definition) is 3. The Labute approximate surface area is 307 Å². The second-order valence-electron chi connectivity index (χ2n) is 15.8. The molecule has 3 saturated heterocycles. The van der Waals surface area contributed by atoms with Crippen LogP contribution in [0.25, 0.3) is 0 Å². The van der Waals surface area contributed by atoms with Crippen molar-refractivity contribution in [3.8, 4) is 0 Å². The fourth-order valence-corrected chi connectivity index (χ4v) is 9.22. The van der Waals surface area contributed by atoms with E-state index in [2.05, 4.69) is 35.7 Å². The summed E-state index contributed by atoms with van der Waals surface area (Å²) < 4.78 is 45.7. The highest BCUT2D eigenvalue weighted by molar-refractivity contribution is 6.23. The van der Waals surface area contributed by atoms with E-state index in [4.69, 9.17) is 0 Å². The number of fused-ring (bicyclic) bond motifs is 3. The van der Waals surface area contributed by atoms with E-state index in [0.717, 1.165) is 23.6 Å². The summed E-state index contributed by atoms with van der Waals surface area (Å²) in [5, 5.41) is 16.1. The SMILES string of the molecule is C[C@@]12Cc3[nH]nc(C(=O)NC4=C/[N+](=C/C5CCN(C[C@H]6CCN(c7ccc8c(c7)C(=O)N(C7CCC(=O)NC7=O)C8=O)C6)C[C@H]5F)N=C4)c3C[C@@H]1C2(F)F. The number of H-pyrrole nitrogens is 1. The van der Waals surface area contributed by atoms with Gasteiger partial charge in [0.2, 0.25) is 18.0 Å². The van der Waals surface area contributed by atoms with Gasteiger partial charge >= 0.3 is 0 Å². The van der Waals surface area contributed by atoms with Crippen LogP contribution in [0.5, 0.6) is 0 Å². The highest BCUT2D eigenvalue weighted by Crippen LogP contribution is 2.70. The molecule has 5 amide bonds. The minimum atomic E-state index is -2.76. The molecule has 14 nitrogen and oxygen atoms in total. The van der Waals surface area contributed by atoms with Crippen molar-refractivity contribution in [3.05, 3.63) is 58.2 Å². The number of anilines is 1. The number of carbonyl (C=O) groups excluding carboxylic acids is 5. The van der Waals surface area contributed by atoms with Crippen molar-refractivity contribution in [2.45, 2.75) is 63.6 Å². The maximum Gasteiger partial charge on any atom is 0.276 e. The first-order chi connectivity index (χ1) is 25.8. The number of likely N-dealkylation sites (tertiary alicyclic amines) is 1. The molecule has 5 aliphatic heterocycles. The minimum Gasteiger partial charge on any atom is -0.371 e. The summed E-state index contributed by atoms with van der Waals surface area (Å²) in [7, 11) is 0. The molecule has 2 aromatic rings. The Morgan fingerprint density at radius 1 is 1.09 bits per heavy atom. The molecule has 2 aliphatic carbocycles. The van der Waals surface area contributed by atoms with Gasteiger partial charge in [-0.1, -0.05) is 11.6 Å². The number of nitrogens with one attached hydrogen (secondary N) is 3. The highest BCUT2D eigenvalue weighted by Gasteiger charge is 2.78. The number of hydrogen-bond acceptors (Lipinski definition) is 9. The first-order valence-electron chi connectivity index (χ1n) is 18.4. The van der Waals surface area contributed by atoms with Crippen LogP contribution in [0.2, 0.25) is 0 Å². The molecule has 4 fully saturated rings. The van der Waals surface area contributed by atoms with E-state index in [9.17, 15) is 32.8 Å². The molecule has 3 N–H and O–H groups in total. The number of amides is 5. The molecule has 1 aromatic heterocycles. The normalized spacial score (nSPS) is 32.1. The maximum absolute atomic E-state index is 15.5. The number of allylic oxidation sites excluding steroid dienone is 1. The van der Waals surface area contributed by atoms with E-state index in [1.54, 1.807) is 37.5 Å². The zero-order valence-corrected chi connectivity index (χ0v) is 29.5. The lowest BCUT2D eigenvalue weighted by Crippen LogP contribution is -2.54. The lowest BCUT2D eigenvalue weighted by molar-refractivity contribution is -0.455. The minimum absolute atomic E-state index is 0.0574. The predicted molar refractivity (Wildman–Crippen MR) is 186 cm³/mol. The number of benzene rings is 1. The quantitative estimate of drug-likeness (QED) is 0.287. The number of piperidine rings is 2. The fraction of sp³-hybridized carbons (Fsp3) is 0.514. The lowest BCUT2D eigenvalue weighted by atomic mass is 9.87. The van der Waals surface area contributed by atoms with Gasteiger partial charge in [0.05, 0.1) is 17.0 Å². The van der Waals surface area contributed by atoms with Gasteiger partial charge in [0, 0.05) is 67.3 Å². The predicted octanol–water partition coefficient (Wildman–Crippen LogP) is 2.02. The first-order valence-corrected chi connectivity index (χ1v) is 18.4. The number of rotatable bonds is 7. The van der Waals surface area contributed by atoms with Crippen LogP contribution in [-0.4, -0.2) is 118 Å².